The number of hydrogen-bond donors (Lipinski definition) is 3. The summed E-state index contributed by atoms with van der Waals surface area (Å²) >= 11 is 0. The molecule has 0 unspecified atom stereocenters. The van der Waals surface area contributed by atoms with Crippen LogP contribution in [-0.2, 0) is 30.4 Å². The van der Waals surface area contributed by atoms with Crippen molar-refractivity contribution in [1.82, 2.24) is 40.4 Å². The number of H-pyrrole nitrogens is 2. The van der Waals surface area contributed by atoms with Gasteiger partial charge in [-0.3, -0.25) is 15.0 Å². The molecule has 178 valence electrons. The van der Waals surface area contributed by atoms with Crippen molar-refractivity contribution in [2.45, 2.75) is 38.4 Å². The van der Waals surface area contributed by atoms with Gasteiger partial charge in [0.25, 0.3) is 0 Å². The van der Waals surface area contributed by atoms with Gasteiger partial charge in [-0.1, -0.05) is 5.21 Å². The van der Waals surface area contributed by atoms with Gasteiger partial charge < -0.3 is 5.11 Å². The first-order chi connectivity index (χ1) is 16.8. The maximum Gasteiger partial charge on any atom is 0.435 e. The molecule has 1 aliphatic rings. The number of halogens is 3. The molecule has 35 heavy (non-hydrogen) atoms. The number of hydrogen-bond acceptors (Lipinski definition) is 6. The summed E-state index contributed by atoms with van der Waals surface area (Å²) in [5.74, 6) is -1.05. The second-order valence-electron chi connectivity index (χ2n) is 8.42. The molecule has 4 heterocycles. The first-order valence-corrected chi connectivity index (χ1v) is 10.9. The summed E-state index contributed by atoms with van der Waals surface area (Å²) in [5, 5.41) is 31.7. The molecule has 0 radical (unpaired) electrons. The van der Waals surface area contributed by atoms with Gasteiger partial charge in [-0.2, -0.15) is 23.4 Å². The Morgan fingerprint density at radius 3 is 2.66 bits per heavy atom. The normalized spacial score (nSPS) is 14.0. The Morgan fingerprint density at radius 2 is 1.89 bits per heavy atom. The van der Waals surface area contributed by atoms with E-state index in [0.717, 1.165) is 34.7 Å². The molecule has 0 saturated heterocycles. The summed E-state index contributed by atoms with van der Waals surface area (Å²) in [7, 11) is 0. The second kappa shape index (κ2) is 7.61. The highest BCUT2D eigenvalue weighted by molar-refractivity contribution is 6.13. The number of nitrogens with zero attached hydrogens (tertiary/aromatic N) is 6. The molecule has 0 bridgehead atoms. The summed E-state index contributed by atoms with van der Waals surface area (Å²) in [5.41, 5.74) is 3.02. The van der Waals surface area contributed by atoms with Crippen LogP contribution in [0.4, 0.5) is 13.2 Å². The van der Waals surface area contributed by atoms with Crippen LogP contribution >= 0.6 is 0 Å². The Morgan fingerprint density at radius 1 is 1.09 bits per heavy atom. The number of carbonyl (C=O) groups is 1. The number of alkyl halides is 3. The zero-order chi connectivity index (χ0) is 24.3. The number of carboxylic acids is 1. The SMILES string of the molecule is O=C(O)Cn1cc(-c2n[nH]c3ccc4nc(-c5c[nH]nc5C(F)(F)F)c5c(c4c23)CCCC5)nn1. The van der Waals surface area contributed by atoms with Gasteiger partial charge in [-0.15, -0.1) is 5.10 Å². The lowest BCUT2D eigenvalue weighted by Gasteiger charge is -2.22. The molecule has 5 aromatic rings. The smallest absolute Gasteiger partial charge is 0.435 e. The minimum atomic E-state index is -4.61. The summed E-state index contributed by atoms with van der Waals surface area (Å²) in [4.78, 5) is 15.7. The van der Waals surface area contributed by atoms with E-state index in [-0.39, 0.29) is 17.8 Å². The number of pyridine rings is 1. The van der Waals surface area contributed by atoms with Crippen LogP contribution in [0.3, 0.4) is 0 Å². The van der Waals surface area contributed by atoms with E-state index in [0.29, 0.717) is 35.3 Å². The number of carboxylic acid groups (broad SMARTS) is 1. The second-order valence-corrected chi connectivity index (χ2v) is 8.42. The van der Waals surface area contributed by atoms with Crippen LogP contribution in [0.15, 0.2) is 24.5 Å². The van der Waals surface area contributed by atoms with Gasteiger partial charge in [-0.25, -0.2) is 9.67 Å². The van der Waals surface area contributed by atoms with E-state index in [4.69, 9.17) is 10.1 Å². The zero-order valence-electron chi connectivity index (χ0n) is 18.0. The molecule has 10 nitrogen and oxygen atoms in total. The molecular formula is C22H17F3N8O2. The molecule has 0 spiro atoms. The maximum absolute atomic E-state index is 13.6. The van der Waals surface area contributed by atoms with Crippen molar-refractivity contribution in [3.63, 3.8) is 0 Å². The largest absolute Gasteiger partial charge is 0.480 e. The van der Waals surface area contributed by atoms with E-state index in [9.17, 15) is 18.0 Å². The van der Waals surface area contributed by atoms with E-state index < -0.39 is 17.8 Å². The van der Waals surface area contributed by atoms with Gasteiger partial charge in [0.1, 0.15) is 17.9 Å². The molecule has 0 atom stereocenters. The van der Waals surface area contributed by atoms with Crippen molar-refractivity contribution in [1.29, 1.82) is 0 Å². The first-order valence-electron chi connectivity index (χ1n) is 10.9. The van der Waals surface area contributed by atoms with E-state index in [1.807, 2.05) is 0 Å². The molecule has 0 amide bonds. The van der Waals surface area contributed by atoms with Crippen molar-refractivity contribution in [3.8, 4) is 22.6 Å². The molecule has 1 aliphatic carbocycles. The van der Waals surface area contributed by atoms with E-state index in [1.54, 1.807) is 12.1 Å². The van der Waals surface area contributed by atoms with Crippen molar-refractivity contribution in [2.75, 3.05) is 0 Å². The van der Waals surface area contributed by atoms with Crippen molar-refractivity contribution in [2.24, 2.45) is 0 Å². The fourth-order valence-electron chi connectivity index (χ4n) is 4.85. The average Bonchev–Trinajstić information content (AvgIpc) is 3.56. The van der Waals surface area contributed by atoms with Crippen molar-refractivity contribution >= 4 is 27.8 Å². The molecule has 0 fully saturated rings. The minimum absolute atomic E-state index is 0.0679. The number of aromatic nitrogens is 8. The fourth-order valence-corrected chi connectivity index (χ4v) is 4.85. The Kier molecular flexibility index (Phi) is 4.62. The van der Waals surface area contributed by atoms with Crippen molar-refractivity contribution in [3.05, 3.63) is 41.3 Å². The Balaban J connectivity index is 1.62. The van der Waals surface area contributed by atoms with Crippen LogP contribution in [0.2, 0.25) is 0 Å². The highest BCUT2D eigenvalue weighted by atomic mass is 19.4. The fraction of sp³-hybridized carbons (Fsp3) is 0.273. The van der Waals surface area contributed by atoms with E-state index >= 15 is 0 Å². The lowest BCUT2D eigenvalue weighted by molar-refractivity contribution is -0.141. The van der Waals surface area contributed by atoms with Crippen LogP contribution in [0.1, 0.15) is 29.7 Å². The summed E-state index contributed by atoms with van der Waals surface area (Å²) < 4.78 is 42.1. The average molecular weight is 482 g/mol. The third kappa shape index (κ3) is 3.42. The molecule has 3 N–H and O–H groups in total. The highest BCUT2D eigenvalue weighted by Gasteiger charge is 2.38. The predicted molar refractivity (Wildman–Crippen MR) is 117 cm³/mol. The van der Waals surface area contributed by atoms with Crippen LogP contribution in [0.25, 0.3) is 44.5 Å². The topological polar surface area (TPSA) is 138 Å². The molecule has 0 aliphatic heterocycles. The third-order valence-electron chi connectivity index (χ3n) is 6.24. The van der Waals surface area contributed by atoms with Crippen molar-refractivity contribution < 1.29 is 23.1 Å². The number of fused-ring (bicyclic) bond motifs is 5. The van der Waals surface area contributed by atoms with Gasteiger partial charge in [0.2, 0.25) is 0 Å². The van der Waals surface area contributed by atoms with Gasteiger partial charge in [-0.05, 0) is 48.9 Å². The monoisotopic (exact) mass is 482 g/mol. The number of aromatic amines is 2. The Bertz CT molecular complexity index is 1610. The molecular weight excluding hydrogens is 465 g/mol. The summed E-state index contributed by atoms with van der Waals surface area (Å²) in [6.07, 6.45) is 1.12. The lowest BCUT2D eigenvalue weighted by atomic mass is 9.85. The quantitative estimate of drug-likeness (QED) is 0.355. The lowest BCUT2D eigenvalue weighted by Crippen LogP contribution is -2.11. The Hall–Kier alpha value is -4.29. The number of benzene rings is 1. The van der Waals surface area contributed by atoms with Gasteiger partial charge in [0, 0.05) is 17.0 Å². The zero-order valence-corrected chi connectivity index (χ0v) is 18.0. The van der Waals surface area contributed by atoms with Crippen LogP contribution in [0.5, 0.6) is 0 Å². The molecule has 0 saturated carbocycles. The first kappa shape index (κ1) is 21.3. The number of aryl methyl sites for hydroxylation is 1. The standard InChI is InChI=1S/C22H17F3N8O2/c23-22(24,25)21-12(7-26-31-21)19-11-4-2-1-3-10(11)17-13(27-19)5-6-14-18(17)20(30-28-14)15-8-33(32-29-15)9-16(34)35/h5-8H,1-4,9H2,(H,26,31)(H,28,30)(H,34,35). The number of aliphatic carboxylic acids is 1. The molecule has 1 aromatic carbocycles. The molecule has 6 rings (SSSR count). The molecule has 4 aromatic heterocycles. The van der Waals surface area contributed by atoms with Gasteiger partial charge >= 0.3 is 12.1 Å². The van der Waals surface area contributed by atoms with E-state index in [2.05, 4.69) is 30.7 Å². The minimum Gasteiger partial charge on any atom is -0.480 e. The third-order valence-corrected chi connectivity index (χ3v) is 6.24. The number of rotatable bonds is 4. The number of nitrogens with one attached hydrogen (secondary N) is 2. The van der Waals surface area contributed by atoms with Crippen LogP contribution in [0, 0.1) is 0 Å². The van der Waals surface area contributed by atoms with Gasteiger partial charge in [0.05, 0.1) is 28.5 Å². The summed E-state index contributed by atoms with van der Waals surface area (Å²) in [6.45, 7) is -0.345. The van der Waals surface area contributed by atoms with Crippen LogP contribution < -0.4 is 0 Å². The Labute approximate surface area is 194 Å². The van der Waals surface area contributed by atoms with E-state index in [1.165, 1.54) is 17.1 Å². The highest BCUT2D eigenvalue weighted by Crippen LogP contribution is 2.42. The van der Waals surface area contributed by atoms with Gasteiger partial charge in [0.15, 0.2) is 5.69 Å². The predicted octanol–water partition coefficient (Wildman–Crippen LogP) is 3.74. The molecule has 13 heteroatoms. The van der Waals surface area contributed by atoms with Crippen LogP contribution in [-0.4, -0.2) is 51.4 Å². The maximum atomic E-state index is 13.6. The summed E-state index contributed by atoms with van der Waals surface area (Å²) in [6, 6.07) is 3.52.